The number of anilines is 1. The van der Waals surface area contributed by atoms with Crippen LogP contribution in [-0.2, 0) is 14.3 Å². The van der Waals surface area contributed by atoms with Crippen LogP contribution in [0, 0.1) is 10.1 Å². The first kappa shape index (κ1) is 17.2. The molecule has 1 rings (SSSR count). The molecule has 1 aromatic carbocycles. The third-order valence-electron chi connectivity index (χ3n) is 2.62. The van der Waals surface area contributed by atoms with E-state index in [1.807, 2.05) is 0 Å². The van der Waals surface area contributed by atoms with E-state index in [0.717, 1.165) is 0 Å². The van der Waals surface area contributed by atoms with Gasteiger partial charge in [0.25, 0.3) is 11.6 Å². The topological polar surface area (TPSA) is 108 Å². The van der Waals surface area contributed by atoms with Crippen molar-refractivity contribution in [1.29, 1.82) is 0 Å². The van der Waals surface area contributed by atoms with E-state index in [0.29, 0.717) is 0 Å². The number of hydrogen-bond donors (Lipinski definition) is 1. The predicted octanol–water partition coefficient (Wildman–Crippen LogP) is 2.05. The number of non-ortho nitro benzene ring substituents is 1. The van der Waals surface area contributed by atoms with Crippen molar-refractivity contribution in [3.8, 4) is 5.75 Å². The molecule has 1 N–H and O–H groups in total. The largest absolute Gasteiger partial charge is 0.494 e. The highest BCUT2D eigenvalue weighted by molar-refractivity contribution is 5.97. The van der Waals surface area contributed by atoms with Crippen molar-refractivity contribution in [2.75, 3.05) is 12.4 Å². The fourth-order valence-electron chi connectivity index (χ4n) is 1.53. The summed E-state index contributed by atoms with van der Waals surface area (Å²) in [5.41, 5.74) is 0.0782. The Kier molecular flexibility index (Phi) is 6.06. The van der Waals surface area contributed by atoms with Gasteiger partial charge in [-0.15, -0.1) is 0 Å². The smallest absolute Gasteiger partial charge is 0.331 e. The Bertz CT molecular complexity index is 611. The number of esters is 1. The first-order valence-corrected chi connectivity index (χ1v) is 6.35. The third-order valence-corrected chi connectivity index (χ3v) is 2.62. The van der Waals surface area contributed by atoms with Crippen LogP contribution in [0.3, 0.4) is 0 Å². The summed E-state index contributed by atoms with van der Waals surface area (Å²) < 4.78 is 9.87. The van der Waals surface area contributed by atoms with E-state index in [1.165, 1.54) is 44.4 Å². The maximum absolute atomic E-state index is 11.9. The summed E-state index contributed by atoms with van der Waals surface area (Å²) in [6.07, 6.45) is 1.66. The lowest BCUT2D eigenvalue weighted by molar-refractivity contribution is -0.384. The van der Waals surface area contributed by atoms with Crippen molar-refractivity contribution in [1.82, 2.24) is 0 Å². The maximum atomic E-state index is 11.9. The Morgan fingerprint density at radius 1 is 1.41 bits per heavy atom. The van der Waals surface area contributed by atoms with Crippen LogP contribution in [-0.4, -0.2) is 30.0 Å². The molecule has 1 amide bonds. The van der Waals surface area contributed by atoms with Crippen molar-refractivity contribution in [2.24, 2.45) is 0 Å². The van der Waals surface area contributed by atoms with Gasteiger partial charge in [0.15, 0.2) is 6.10 Å². The lowest BCUT2D eigenvalue weighted by atomic mass is 10.2. The number of carbonyl (C=O) groups is 2. The van der Waals surface area contributed by atoms with Gasteiger partial charge in [0.2, 0.25) is 0 Å². The van der Waals surface area contributed by atoms with Gasteiger partial charge in [-0.1, -0.05) is 6.08 Å². The summed E-state index contributed by atoms with van der Waals surface area (Å²) in [4.78, 5) is 33.3. The summed E-state index contributed by atoms with van der Waals surface area (Å²) in [6.45, 7) is 3.06. The van der Waals surface area contributed by atoms with Crippen molar-refractivity contribution in [3.63, 3.8) is 0 Å². The number of rotatable bonds is 6. The minimum Gasteiger partial charge on any atom is -0.494 e. The molecule has 118 valence electrons. The summed E-state index contributed by atoms with van der Waals surface area (Å²) in [5, 5.41) is 13.2. The summed E-state index contributed by atoms with van der Waals surface area (Å²) in [7, 11) is 1.32. The summed E-state index contributed by atoms with van der Waals surface area (Å²) >= 11 is 0. The van der Waals surface area contributed by atoms with Crippen molar-refractivity contribution >= 4 is 23.3 Å². The minimum atomic E-state index is -1.02. The van der Waals surface area contributed by atoms with Gasteiger partial charge in [-0.2, -0.15) is 0 Å². The van der Waals surface area contributed by atoms with E-state index in [2.05, 4.69) is 5.32 Å². The molecule has 8 nitrogen and oxygen atoms in total. The lowest BCUT2D eigenvalue weighted by Gasteiger charge is -2.14. The molecule has 0 fully saturated rings. The highest BCUT2D eigenvalue weighted by Gasteiger charge is 2.19. The van der Waals surface area contributed by atoms with Gasteiger partial charge < -0.3 is 14.8 Å². The monoisotopic (exact) mass is 308 g/mol. The Morgan fingerprint density at radius 2 is 2.09 bits per heavy atom. The van der Waals surface area contributed by atoms with Crippen LogP contribution < -0.4 is 10.1 Å². The standard InChI is InChI=1S/C14H16N2O6/c1-4-5-13(17)22-9(2)14(18)15-11-7-6-10(16(19)20)8-12(11)21-3/h4-9H,1-3H3,(H,15,18)/b5-4+/t9-/m0/s1. The highest BCUT2D eigenvalue weighted by atomic mass is 16.6. The average molecular weight is 308 g/mol. The number of nitro groups is 1. The molecule has 0 aliphatic rings. The molecular formula is C14H16N2O6. The molecule has 0 saturated heterocycles. The molecule has 0 aromatic heterocycles. The molecule has 1 atom stereocenters. The number of nitrogens with one attached hydrogen (secondary N) is 1. The SMILES string of the molecule is C/C=C/C(=O)O[C@@H](C)C(=O)Nc1ccc([N+](=O)[O-])cc1OC. The van der Waals surface area contributed by atoms with Crippen molar-refractivity contribution in [2.45, 2.75) is 20.0 Å². The van der Waals surface area contributed by atoms with Crippen LogP contribution in [0.5, 0.6) is 5.75 Å². The second-order valence-corrected chi connectivity index (χ2v) is 4.21. The molecule has 0 aliphatic carbocycles. The van der Waals surface area contributed by atoms with E-state index in [9.17, 15) is 19.7 Å². The van der Waals surface area contributed by atoms with Crippen LogP contribution >= 0.6 is 0 Å². The number of nitrogens with zero attached hydrogens (tertiary/aromatic N) is 1. The van der Waals surface area contributed by atoms with E-state index >= 15 is 0 Å². The van der Waals surface area contributed by atoms with Crippen LogP contribution in [0.15, 0.2) is 30.4 Å². The zero-order valence-corrected chi connectivity index (χ0v) is 12.4. The third kappa shape index (κ3) is 4.58. The predicted molar refractivity (Wildman–Crippen MR) is 78.6 cm³/mol. The summed E-state index contributed by atoms with van der Waals surface area (Å²) in [5.74, 6) is -1.08. The van der Waals surface area contributed by atoms with Gasteiger partial charge in [0.1, 0.15) is 5.75 Å². The summed E-state index contributed by atoms with van der Waals surface area (Å²) in [6, 6.07) is 3.76. The molecule has 0 radical (unpaired) electrons. The fourth-order valence-corrected chi connectivity index (χ4v) is 1.53. The molecule has 0 bridgehead atoms. The van der Waals surface area contributed by atoms with Crippen molar-refractivity contribution in [3.05, 3.63) is 40.5 Å². The van der Waals surface area contributed by atoms with Crippen LogP contribution in [0.25, 0.3) is 0 Å². The maximum Gasteiger partial charge on any atom is 0.331 e. The minimum absolute atomic E-state index is 0.134. The van der Waals surface area contributed by atoms with Crippen LogP contribution in [0.2, 0.25) is 0 Å². The Balaban J connectivity index is 2.83. The van der Waals surface area contributed by atoms with Gasteiger partial charge in [0, 0.05) is 12.1 Å². The van der Waals surface area contributed by atoms with Gasteiger partial charge >= 0.3 is 5.97 Å². The number of nitro benzene ring substituents is 1. The van der Waals surface area contributed by atoms with Gasteiger partial charge in [-0.3, -0.25) is 14.9 Å². The molecular weight excluding hydrogens is 292 g/mol. The van der Waals surface area contributed by atoms with Crippen molar-refractivity contribution < 1.29 is 24.0 Å². The van der Waals surface area contributed by atoms with Crippen LogP contribution in [0.4, 0.5) is 11.4 Å². The second kappa shape index (κ2) is 7.77. The number of allylic oxidation sites excluding steroid dienone is 1. The zero-order chi connectivity index (χ0) is 16.7. The molecule has 8 heteroatoms. The number of methoxy groups -OCH3 is 1. The quantitative estimate of drug-likeness (QED) is 0.373. The second-order valence-electron chi connectivity index (χ2n) is 4.21. The molecule has 0 saturated carbocycles. The molecule has 1 aromatic rings. The lowest BCUT2D eigenvalue weighted by Crippen LogP contribution is -2.29. The average Bonchev–Trinajstić information content (AvgIpc) is 2.47. The number of hydrogen-bond acceptors (Lipinski definition) is 6. The first-order valence-electron chi connectivity index (χ1n) is 6.35. The van der Waals surface area contributed by atoms with E-state index < -0.39 is 22.9 Å². The molecule has 0 unspecified atom stereocenters. The number of amides is 1. The first-order chi connectivity index (χ1) is 10.4. The molecule has 0 heterocycles. The Morgan fingerprint density at radius 3 is 2.64 bits per heavy atom. The Labute approximate surface area is 126 Å². The fraction of sp³-hybridized carbons (Fsp3) is 0.286. The van der Waals surface area contributed by atoms with Gasteiger partial charge in [-0.25, -0.2) is 4.79 Å². The molecule has 0 spiro atoms. The Hall–Kier alpha value is -2.90. The van der Waals surface area contributed by atoms with Crippen LogP contribution in [0.1, 0.15) is 13.8 Å². The molecule has 0 aliphatic heterocycles. The number of benzene rings is 1. The highest BCUT2D eigenvalue weighted by Crippen LogP contribution is 2.29. The van der Waals surface area contributed by atoms with E-state index in [4.69, 9.17) is 9.47 Å². The van der Waals surface area contributed by atoms with Gasteiger partial charge in [-0.05, 0) is 19.9 Å². The molecule has 22 heavy (non-hydrogen) atoms. The van der Waals surface area contributed by atoms with E-state index in [1.54, 1.807) is 6.92 Å². The number of ether oxygens (including phenoxy) is 2. The zero-order valence-electron chi connectivity index (χ0n) is 12.4. The number of carbonyl (C=O) groups excluding carboxylic acids is 2. The van der Waals surface area contributed by atoms with E-state index in [-0.39, 0.29) is 17.1 Å². The normalized spacial score (nSPS) is 11.8. The van der Waals surface area contributed by atoms with Gasteiger partial charge in [0.05, 0.1) is 23.8 Å².